The van der Waals surface area contributed by atoms with Crippen molar-refractivity contribution < 1.29 is 4.79 Å². The van der Waals surface area contributed by atoms with Gasteiger partial charge in [-0.05, 0) is 30.3 Å². The van der Waals surface area contributed by atoms with Gasteiger partial charge in [-0.3, -0.25) is 4.79 Å². The van der Waals surface area contributed by atoms with Crippen LogP contribution in [-0.2, 0) is 0 Å². The summed E-state index contributed by atoms with van der Waals surface area (Å²) in [5.41, 5.74) is 6.98. The van der Waals surface area contributed by atoms with Gasteiger partial charge >= 0.3 is 0 Å². The Bertz CT molecular complexity index is 602. The van der Waals surface area contributed by atoms with E-state index in [9.17, 15) is 4.79 Å². The molecule has 4 nitrogen and oxygen atoms in total. The number of hydrogen-bond donors (Lipinski definition) is 2. The van der Waals surface area contributed by atoms with Gasteiger partial charge in [0, 0.05) is 17.4 Å². The lowest BCUT2D eigenvalue weighted by Gasteiger charge is -2.06. The second kappa shape index (κ2) is 5.25. The van der Waals surface area contributed by atoms with E-state index >= 15 is 0 Å². The van der Waals surface area contributed by atoms with Crippen LogP contribution in [0.3, 0.4) is 0 Å². The van der Waals surface area contributed by atoms with E-state index in [1.807, 2.05) is 0 Å². The van der Waals surface area contributed by atoms with Gasteiger partial charge in [0.25, 0.3) is 5.91 Å². The number of carbonyl (C=O) groups excluding carboxylic acids is 1. The van der Waals surface area contributed by atoms with Crippen molar-refractivity contribution in [3.8, 4) is 0 Å². The van der Waals surface area contributed by atoms with Crippen molar-refractivity contribution in [2.75, 3.05) is 11.1 Å². The maximum Gasteiger partial charge on any atom is 0.255 e. The van der Waals surface area contributed by atoms with Crippen molar-refractivity contribution in [3.05, 3.63) is 52.3 Å². The fraction of sp³-hybridized carbons (Fsp3) is 0. The van der Waals surface area contributed by atoms with E-state index in [1.165, 1.54) is 12.3 Å². The molecule has 2 rings (SSSR count). The van der Waals surface area contributed by atoms with E-state index in [0.717, 1.165) is 0 Å². The summed E-state index contributed by atoms with van der Waals surface area (Å²) in [6.45, 7) is 0. The fourth-order valence-electron chi connectivity index (χ4n) is 1.35. The zero-order valence-electron chi connectivity index (χ0n) is 9.15. The van der Waals surface area contributed by atoms with Gasteiger partial charge in [-0.1, -0.05) is 23.2 Å². The SMILES string of the molecule is Nc1ccc(C(=O)Nc2ccnc(Cl)c2)cc1Cl. The summed E-state index contributed by atoms with van der Waals surface area (Å²) in [7, 11) is 0. The monoisotopic (exact) mass is 281 g/mol. The minimum Gasteiger partial charge on any atom is -0.398 e. The van der Waals surface area contributed by atoms with Crippen molar-refractivity contribution in [1.29, 1.82) is 0 Å². The summed E-state index contributed by atoms with van der Waals surface area (Å²) in [5, 5.41) is 3.33. The summed E-state index contributed by atoms with van der Waals surface area (Å²) < 4.78 is 0. The number of anilines is 2. The molecule has 1 aromatic carbocycles. The van der Waals surface area contributed by atoms with E-state index in [-0.39, 0.29) is 5.91 Å². The highest BCUT2D eigenvalue weighted by atomic mass is 35.5. The summed E-state index contributed by atoms with van der Waals surface area (Å²) in [4.78, 5) is 15.7. The summed E-state index contributed by atoms with van der Waals surface area (Å²) >= 11 is 11.6. The molecule has 0 saturated carbocycles. The highest BCUT2D eigenvalue weighted by Gasteiger charge is 2.08. The van der Waals surface area contributed by atoms with Crippen LogP contribution in [-0.4, -0.2) is 10.9 Å². The Labute approximate surface area is 114 Å². The third kappa shape index (κ3) is 2.91. The van der Waals surface area contributed by atoms with E-state index in [1.54, 1.807) is 24.3 Å². The number of halogens is 2. The molecule has 0 aliphatic carbocycles. The largest absolute Gasteiger partial charge is 0.398 e. The number of nitrogens with two attached hydrogens (primary N) is 1. The Hall–Kier alpha value is -1.78. The minimum atomic E-state index is -0.292. The maximum absolute atomic E-state index is 11.9. The van der Waals surface area contributed by atoms with Crippen LogP contribution in [0.15, 0.2) is 36.5 Å². The van der Waals surface area contributed by atoms with Gasteiger partial charge in [-0.25, -0.2) is 4.98 Å². The Morgan fingerprint density at radius 1 is 1.22 bits per heavy atom. The van der Waals surface area contributed by atoms with Gasteiger partial charge in [-0.15, -0.1) is 0 Å². The van der Waals surface area contributed by atoms with Crippen LogP contribution in [0.1, 0.15) is 10.4 Å². The van der Waals surface area contributed by atoms with E-state index < -0.39 is 0 Å². The molecule has 6 heteroatoms. The van der Waals surface area contributed by atoms with Gasteiger partial charge in [-0.2, -0.15) is 0 Å². The fourth-order valence-corrected chi connectivity index (χ4v) is 1.71. The molecule has 1 amide bonds. The van der Waals surface area contributed by atoms with E-state index in [4.69, 9.17) is 28.9 Å². The number of rotatable bonds is 2. The van der Waals surface area contributed by atoms with Crippen LogP contribution in [0.25, 0.3) is 0 Å². The molecule has 0 fully saturated rings. The predicted octanol–water partition coefficient (Wildman–Crippen LogP) is 3.22. The number of aromatic nitrogens is 1. The van der Waals surface area contributed by atoms with Crippen molar-refractivity contribution >= 4 is 40.5 Å². The molecule has 0 aliphatic rings. The Morgan fingerprint density at radius 2 is 2.00 bits per heavy atom. The maximum atomic E-state index is 11.9. The molecule has 0 unspecified atom stereocenters. The molecular formula is C12H9Cl2N3O. The van der Waals surface area contributed by atoms with Gasteiger partial charge < -0.3 is 11.1 Å². The summed E-state index contributed by atoms with van der Waals surface area (Å²) in [6, 6.07) is 7.88. The van der Waals surface area contributed by atoms with Crippen LogP contribution in [0, 0.1) is 0 Å². The molecule has 2 aromatic rings. The average Bonchev–Trinajstić information content (AvgIpc) is 2.32. The molecule has 0 bridgehead atoms. The number of nitrogens with one attached hydrogen (secondary N) is 1. The summed E-state index contributed by atoms with van der Waals surface area (Å²) in [6.07, 6.45) is 1.51. The highest BCUT2D eigenvalue weighted by Crippen LogP contribution is 2.20. The van der Waals surface area contributed by atoms with Crippen LogP contribution in [0.2, 0.25) is 10.2 Å². The molecule has 0 spiro atoms. The molecule has 0 atom stereocenters. The van der Waals surface area contributed by atoms with Crippen molar-refractivity contribution in [3.63, 3.8) is 0 Å². The van der Waals surface area contributed by atoms with E-state index in [0.29, 0.717) is 27.1 Å². The van der Waals surface area contributed by atoms with Crippen molar-refractivity contribution in [2.24, 2.45) is 0 Å². The number of pyridine rings is 1. The zero-order chi connectivity index (χ0) is 13.1. The smallest absolute Gasteiger partial charge is 0.255 e. The van der Waals surface area contributed by atoms with Crippen LogP contribution in [0.4, 0.5) is 11.4 Å². The Morgan fingerprint density at radius 3 is 2.67 bits per heavy atom. The number of amides is 1. The second-order valence-electron chi connectivity index (χ2n) is 3.56. The number of nitrogens with zero attached hydrogens (tertiary/aromatic N) is 1. The van der Waals surface area contributed by atoms with Crippen molar-refractivity contribution in [2.45, 2.75) is 0 Å². The molecule has 92 valence electrons. The molecule has 18 heavy (non-hydrogen) atoms. The molecule has 0 radical (unpaired) electrons. The van der Waals surface area contributed by atoms with Crippen LogP contribution >= 0.6 is 23.2 Å². The molecule has 1 aromatic heterocycles. The predicted molar refractivity (Wildman–Crippen MR) is 73.1 cm³/mol. The van der Waals surface area contributed by atoms with Crippen LogP contribution in [0.5, 0.6) is 0 Å². The quantitative estimate of drug-likeness (QED) is 0.656. The highest BCUT2D eigenvalue weighted by molar-refractivity contribution is 6.33. The zero-order valence-corrected chi connectivity index (χ0v) is 10.7. The lowest BCUT2D eigenvalue weighted by Crippen LogP contribution is -2.12. The van der Waals surface area contributed by atoms with Gasteiger partial charge in [0.2, 0.25) is 0 Å². The average molecular weight is 282 g/mol. The van der Waals surface area contributed by atoms with Crippen molar-refractivity contribution in [1.82, 2.24) is 4.98 Å². The number of nitrogen functional groups attached to an aromatic ring is 1. The lowest BCUT2D eigenvalue weighted by molar-refractivity contribution is 0.102. The first-order valence-corrected chi connectivity index (χ1v) is 5.80. The topological polar surface area (TPSA) is 68.0 Å². The second-order valence-corrected chi connectivity index (χ2v) is 4.35. The first-order valence-electron chi connectivity index (χ1n) is 5.04. The Kier molecular flexibility index (Phi) is 3.69. The lowest BCUT2D eigenvalue weighted by atomic mass is 10.2. The third-order valence-corrected chi connectivity index (χ3v) is 2.78. The number of benzene rings is 1. The summed E-state index contributed by atoms with van der Waals surface area (Å²) in [5.74, 6) is -0.292. The molecule has 1 heterocycles. The first kappa shape index (κ1) is 12.7. The van der Waals surface area contributed by atoms with E-state index in [2.05, 4.69) is 10.3 Å². The minimum absolute atomic E-state index is 0.292. The number of hydrogen-bond acceptors (Lipinski definition) is 3. The van der Waals surface area contributed by atoms with Crippen LogP contribution < -0.4 is 11.1 Å². The number of carbonyl (C=O) groups is 1. The first-order chi connectivity index (χ1) is 8.56. The van der Waals surface area contributed by atoms with Gasteiger partial charge in [0.05, 0.1) is 10.7 Å². The van der Waals surface area contributed by atoms with Gasteiger partial charge in [0.15, 0.2) is 0 Å². The molecule has 0 saturated heterocycles. The molecular weight excluding hydrogens is 273 g/mol. The Balaban J connectivity index is 2.19. The van der Waals surface area contributed by atoms with Gasteiger partial charge in [0.1, 0.15) is 5.15 Å². The normalized spacial score (nSPS) is 10.1. The molecule has 0 aliphatic heterocycles. The molecule has 3 N–H and O–H groups in total. The third-order valence-electron chi connectivity index (χ3n) is 2.25. The standard InChI is InChI=1S/C12H9Cl2N3O/c13-9-5-7(1-2-10(9)15)12(18)17-8-3-4-16-11(14)6-8/h1-6H,15H2,(H,16,17,18).